The maximum atomic E-state index is 12.3. The summed E-state index contributed by atoms with van der Waals surface area (Å²) >= 11 is 0. The van der Waals surface area contributed by atoms with Gasteiger partial charge in [-0.15, -0.1) is 0 Å². The number of rotatable bonds is 4. The predicted octanol–water partition coefficient (Wildman–Crippen LogP) is 3.18. The quantitative estimate of drug-likeness (QED) is 0.895. The number of nitrogen functional groups attached to an aromatic ring is 1. The molecule has 0 aliphatic heterocycles. The van der Waals surface area contributed by atoms with Gasteiger partial charge in [0.05, 0.1) is 5.56 Å². The SMILES string of the molecule is CCCc1ccccc1NC(=O)c1cnc(C)cc1N. The first-order valence-corrected chi connectivity index (χ1v) is 6.73. The van der Waals surface area contributed by atoms with E-state index >= 15 is 0 Å². The molecule has 0 radical (unpaired) electrons. The van der Waals surface area contributed by atoms with Crippen LogP contribution in [0.15, 0.2) is 36.5 Å². The summed E-state index contributed by atoms with van der Waals surface area (Å²) in [5, 5.41) is 2.91. The molecule has 1 amide bonds. The lowest BCUT2D eigenvalue weighted by Gasteiger charge is -2.11. The minimum absolute atomic E-state index is 0.224. The first-order valence-electron chi connectivity index (χ1n) is 6.73. The van der Waals surface area contributed by atoms with Gasteiger partial charge in [0, 0.05) is 23.3 Å². The number of carbonyl (C=O) groups excluding carboxylic acids is 1. The lowest BCUT2D eigenvalue weighted by Crippen LogP contribution is -2.15. The zero-order valence-electron chi connectivity index (χ0n) is 11.8. The van der Waals surface area contributed by atoms with Crippen LogP contribution in [0.25, 0.3) is 0 Å². The van der Waals surface area contributed by atoms with Crippen molar-refractivity contribution < 1.29 is 4.79 Å². The average molecular weight is 269 g/mol. The fourth-order valence-corrected chi connectivity index (χ4v) is 2.09. The van der Waals surface area contributed by atoms with Gasteiger partial charge in [-0.1, -0.05) is 31.5 Å². The molecule has 0 unspecified atom stereocenters. The molecule has 0 aliphatic rings. The predicted molar refractivity (Wildman–Crippen MR) is 81.8 cm³/mol. The molecule has 4 nitrogen and oxygen atoms in total. The summed E-state index contributed by atoms with van der Waals surface area (Å²) < 4.78 is 0. The normalized spacial score (nSPS) is 10.3. The molecule has 104 valence electrons. The number of hydrogen-bond donors (Lipinski definition) is 2. The smallest absolute Gasteiger partial charge is 0.259 e. The molecule has 0 fully saturated rings. The van der Waals surface area contributed by atoms with Crippen molar-refractivity contribution in [2.75, 3.05) is 11.1 Å². The third-order valence-corrected chi connectivity index (χ3v) is 3.10. The van der Waals surface area contributed by atoms with E-state index in [1.807, 2.05) is 31.2 Å². The standard InChI is InChI=1S/C16H19N3O/c1-3-6-12-7-4-5-8-15(12)19-16(20)13-10-18-11(2)9-14(13)17/h4-5,7-10H,3,6H2,1-2H3,(H2,17,18)(H,19,20). The van der Waals surface area contributed by atoms with E-state index in [2.05, 4.69) is 17.2 Å². The first kappa shape index (κ1) is 14.1. The zero-order valence-corrected chi connectivity index (χ0v) is 11.8. The van der Waals surface area contributed by atoms with Crippen molar-refractivity contribution in [2.24, 2.45) is 0 Å². The van der Waals surface area contributed by atoms with Gasteiger partial charge in [-0.3, -0.25) is 9.78 Å². The van der Waals surface area contributed by atoms with Gasteiger partial charge in [0.15, 0.2) is 0 Å². The molecule has 1 aromatic carbocycles. The molecule has 0 bridgehead atoms. The fourth-order valence-electron chi connectivity index (χ4n) is 2.09. The Morgan fingerprint density at radius 3 is 2.80 bits per heavy atom. The van der Waals surface area contributed by atoms with Crippen molar-refractivity contribution in [3.8, 4) is 0 Å². The van der Waals surface area contributed by atoms with Gasteiger partial charge < -0.3 is 11.1 Å². The van der Waals surface area contributed by atoms with Crippen molar-refractivity contribution in [3.63, 3.8) is 0 Å². The van der Waals surface area contributed by atoms with E-state index in [4.69, 9.17) is 5.73 Å². The number of nitrogens with two attached hydrogens (primary N) is 1. The Hall–Kier alpha value is -2.36. The number of pyridine rings is 1. The largest absolute Gasteiger partial charge is 0.398 e. The van der Waals surface area contributed by atoms with Crippen molar-refractivity contribution in [3.05, 3.63) is 53.3 Å². The van der Waals surface area contributed by atoms with Crippen LogP contribution in [0.2, 0.25) is 0 Å². The molecule has 0 aliphatic carbocycles. The Morgan fingerprint density at radius 1 is 1.35 bits per heavy atom. The Bertz CT molecular complexity index is 623. The molecule has 0 spiro atoms. The lowest BCUT2D eigenvalue weighted by atomic mass is 10.1. The minimum Gasteiger partial charge on any atom is -0.398 e. The number of aryl methyl sites for hydroxylation is 2. The highest BCUT2D eigenvalue weighted by Crippen LogP contribution is 2.19. The van der Waals surface area contributed by atoms with Crippen molar-refractivity contribution >= 4 is 17.3 Å². The van der Waals surface area contributed by atoms with E-state index in [9.17, 15) is 4.79 Å². The molecule has 0 saturated carbocycles. The maximum Gasteiger partial charge on any atom is 0.259 e. The van der Waals surface area contributed by atoms with Crippen LogP contribution in [0.1, 0.15) is 35.0 Å². The topological polar surface area (TPSA) is 68.0 Å². The van der Waals surface area contributed by atoms with E-state index in [1.54, 1.807) is 6.07 Å². The van der Waals surface area contributed by atoms with Gasteiger partial charge >= 0.3 is 0 Å². The molecule has 1 aromatic heterocycles. The molecule has 0 atom stereocenters. The molecular formula is C16H19N3O. The van der Waals surface area contributed by atoms with E-state index in [1.165, 1.54) is 6.20 Å². The summed E-state index contributed by atoms with van der Waals surface area (Å²) in [4.78, 5) is 16.4. The Labute approximate surface area is 119 Å². The molecule has 0 saturated heterocycles. The summed E-state index contributed by atoms with van der Waals surface area (Å²) in [6, 6.07) is 9.51. The summed E-state index contributed by atoms with van der Waals surface area (Å²) in [5.74, 6) is -0.224. The summed E-state index contributed by atoms with van der Waals surface area (Å²) in [5.41, 5.74) is 9.48. The second kappa shape index (κ2) is 6.19. The number of para-hydroxylation sites is 1. The highest BCUT2D eigenvalue weighted by Gasteiger charge is 2.12. The molecule has 4 heteroatoms. The van der Waals surface area contributed by atoms with Crippen LogP contribution in [0.5, 0.6) is 0 Å². The van der Waals surface area contributed by atoms with Crippen molar-refractivity contribution in [1.29, 1.82) is 0 Å². The highest BCUT2D eigenvalue weighted by atomic mass is 16.1. The minimum atomic E-state index is -0.224. The number of carbonyl (C=O) groups is 1. The molecular weight excluding hydrogens is 250 g/mol. The van der Waals surface area contributed by atoms with Crippen LogP contribution in [0.3, 0.4) is 0 Å². The third kappa shape index (κ3) is 3.15. The zero-order chi connectivity index (χ0) is 14.5. The van der Waals surface area contributed by atoms with Crippen LogP contribution in [0, 0.1) is 6.92 Å². The van der Waals surface area contributed by atoms with Crippen LogP contribution in [-0.2, 0) is 6.42 Å². The van der Waals surface area contributed by atoms with Gasteiger partial charge in [-0.05, 0) is 31.0 Å². The summed E-state index contributed by atoms with van der Waals surface area (Å²) in [6.45, 7) is 3.95. The van der Waals surface area contributed by atoms with Crippen LogP contribution in [-0.4, -0.2) is 10.9 Å². The maximum absolute atomic E-state index is 12.3. The van der Waals surface area contributed by atoms with Crippen molar-refractivity contribution in [1.82, 2.24) is 4.98 Å². The summed E-state index contributed by atoms with van der Waals surface area (Å²) in [7, 11) is 0. The number of nitrogens with one attached hydrogen (secondary N) is 1. The van der Waals surface area contributed by atoms with Gasteiger partial charge in [0.2, 0.25) is 0 Å². The number of aromatic nitrogens is 1. The Balaban J connectivity index is 2.23. The lowest BCUT2D eigenvalue weighted by molar-refractivity contribution is 0.102. The number of benzene rings is 1. The second-order valence-electron chi connectivity index (χ2n) is 4.77. The number of anilines is 2. The highest BCUT2D eigenvalue weighted by molar-refractivity contribution is 6.07. The van der Waals surface area contributed by atoms with E-state index in [-0.39, 0.29) is 5.91 Å². The Kier molecular flexibility index (Phi) is 4.35. The van der Waals surface area contributed by atoms with Crippen LogP contribution < -0.4 is 11.1 Å². The van der Waals surface area contributed by atoms with E-state index in [0.717, 1.165) is 29.8 Å². The number of amides is 1. The van der Waals surface area contributed by atoms with Crippen LogP contribution in [0.4, 0.5) is 11.4 Å². The Morgan fingerprint density at radius 2 is 2.10 bits per heavy atom. The van der Waals surface area contributed by atoms with E-state index < -0.39 is 0 Å². The van der Waals surface area contributed by atoms with E-state index in [0.29, 0.717) is 11.3 Å². The monoisotopic (exact) mass is 269 g/mol. The second-order valence-corrected chi connectivity index (χ2v) is 4.77. The summed E-state index contributed by atoms with van der Waals surface area (Å²) in [6.07, 6.45) is 3.47. The number of hydrogen-bond acceptors (Lipinski definition) is 3. The fraction of sp³-hybridized carbons (Fsp3) is 0.250. The molecule has 3 N–H and O–H groups in total. The van der Waals surface area contributed by atoms with Gasteiger partial charge in [-0.25, -0.2) is 0 Å². The third-order valence-electron chi connectivity index (χ3n) is 3.10. The number of nitrogens with zero attached hydrogens (tertiary/aromatic N) is 1. The van der Waals surface area contributed by atoms with Gasteiger partial charge in [0.25, 0.3) is 5.91 Å². The molecule has 2 rings (SSSR count). The average Bonchev–Trinajstić information content (AvgIpc) is 2.41. The molecule has 2 aromatic rings. The first-order chi connectivity index (χ1) is 9.61. The van der Waals surface area contributed by atoms with Gasteiger partial charge in [0.1, 0.15) is 0 Å². The van der Waals surface area contributed by atoms with Crippen molar-refractivity contribution in [2.45, 2.75) is 26.7 Å². The van der Waals surface area contributed by atoms with Gasteiger partial charge in [-0.2, -0.15) is 0 Å². The molecule has 1 heterocycles. The molecule has 20 heavy (non-hydrogen) atoms. The van der Waals surface area contributed by atoms with Crippen LogP contribution >= 0.6 is 0 Å².